The fourth-order valence-corrected chi connectivity index (χ4v) is 9.89. The lowest BCUT2D eigenvalue weighted by Gasteiger charge is -2.39. The number of aromatic nitrogens is 8. The quantitative estimate of drug-likeness (QED) is 0.0774. The number of hydrogen-bond donors (Lipinski definition) is 3. The minimum atomic E-state index is -1.91. The van der Waals surface area contributed by atoms with Gasteiger partial charge in [-0.1, -0.05) is 34.6 Å². The highest BCUT2D eigenvalue weighted by Gasteiger charge is 2.42. The van der Waals surface area contributed by atoms with Crippen molar-refractivity contribution < 1.29 is 19.0 Å². The van der Waals surface area contributed by atoms with Gasteiger partial charge in [-0.05, 0) is 116 Å². The molecule has 17 heteroatoms. The average Bonchev–Trinajstić information content (AvgIpc) is 4.08. The summed E-state index contributed by atoms with van der Waals surface area (Å²) in [6.45, 7) is 22.6. The molecule has 2 aromatic carbocycles. The molecule has 0 aliphatic heterocycles. The van der Waals surface area contributed by atoms with E-state index in [9.17, 15) is 15.6 Å². The number of benzene rings is 2. The highest BCUT2D eigenvalue weighted by atomic mass is 28.4. The summed E-state index contributed by atoms with van der Waals surface area (Å²) in [5.74, 6) is 2.51. The van der Waals surface area contributed by atoms with E-state index in [1.165, 1.54) is 5.56 Å². The minimum absolute atomic E-state index is 0.0513. The summed E-state index contributed by atoms with van der Waals surface area (Å²) in [4.78, 5) is 18.3. The number of ether oxygens (including phenoxy) is 2. The molecule has 2 aliphatic rings. The van der Waals surface area contributed by atoms with Crippen LogP contribution in [0.4, 0.5) is 23.5 Å². The number of hydrogen-bond acceptors (Lipinski definition) is 14. The Hall–Kier alpha value is -6.34. The maximum atomic E-state index is 10.0. The van der Waals surface area contributed by atoms with Crippen LogP contribution in [0.1, 0.15) is 92.2 Å². The molecule has 0 radical (unpaired) electrons. The van der Waals surface area contributed by atoms with E-state index < -0.39 is 8.32 Å². The molecule has 69 heavy (non-hydrogen) atoms. The topological polar surface area (TPSA) is 207 Å². The van der Waals surface area contributed by atoms with Crippen LogP contribution >= 0.6 is 0 Å². The molecule has 0 saturated carbocycles. The molecule has 0 spiro atoms. The van der Waals surface area contributed by atoms with Gasteiger partial charge in [-0.3, -0.25) is 0 Å². The van der Waals surface area contributed by atoms with E-state index in [2.05, 4.69) is 101 Å². The molecule has 16 nitrogen and oxygen atoms in total. The standard InChI is InChI=1S/C29H40N6O2Si.C23H26N6O2/c1-20-15-26(35(34-20)13-14-36-6)33-27-31-12-10-25(32-27)21-16-22(18-30)23-9-11-29(5,24(23)17-21)19-37-38(7,8)28(2,3)4;1-15-10-21(29(28-15)8-9-31-3)27-22-25-7-5-20(26-22)16-11-17(13-24)18-4-6-23(2,14-30)19(18)12-16/h10,12,15-17H,9,11,13-14,19H2,1-8H3,(H,31,32,33);5,7,10-12,30H,4,6,8-9,14H2,1-3H3,(H,25,26,27). The second-order valence-corrected chi connectivity index (χ2v) is 25.0. The molecule has 4 heterocycles. The number of fused-ring (bicyclic) bond motifs is 2. The number of nitrogens with zero attached hydrogens (tertiary/aromatic N) is 10. The summed E-state index contributed by atoms with van der Waals surface area (Å²) < 4.78 is 20.7. The van der Waals surface area contributed by atoms with Crippen LogP contribution < -0.4 is 10.6 Å². The summed E-state index contributed by atoms with van der Waals surface area (Å²) in [5, 5.41) is 45.4. The Labute approximate surface area is 407 Å². The second kappa shape index (κ2) is 20.7. The largest absolute Gasteiger partial charge is 0.416 e. The van der Waals surface area contributed by atoms with Crippen LogP contribution in [0.5, 0.6) is 0 Å². The zero-order valence-electron chi connectivity index (χ0n) is 42.0. The van der Waals surface area contributed by atoms with Gasteiger partial charge < -0.3 is 29.6 Å². The first kappa shape index (κ1) is 50.5. The van der Waals surface area contributed by atoms with E-state index in [-0.39, 0.29) is 22.5 Å². The van der Waals surface area contributed by atoms with Crippen LogP contribution in [0.2, 0.25) is 18.1 Å². The predicted octanol–water partition coefficient (Wildman–Crippen LogP) is 9.24. The van der Waals surface area contributed by atoms with Crippen LogP contribution in [0.15, 0.2) is 60.9 Å². The van der Waals surface area contributed by atoms with Crippen molar-refractivity contribution in [2.75, 3.05) is 51.3 Å². The Balaban J connectivity index is 0.000000208. The highest BCUT2D eigenvalue weighted by Crippen LogP contribution is 2.45. The predicted molar refractivity (Wildman–Crippen MR) is 270 cm³/mol. The normalized spacial score (nSPS) is 17.4. The lowest BCUT2D eigenvalue weighted by molar-refractivity contribution is 0.184. The van der Waals surface area contributed by atoms with E-state index in [1.807, 2.05) is 66.5 Å². The van der Waals surface area contributed by atoms with Crippen molar-refractivity contribution in [2.24, 2.45) is 0 Å². The Kier molecular flexibility index (Phi) is 15.2. The van der Waals surface area contributed by atoms with Gasteiger partial charge in [-0.2, -0.15) is 20.7 Å². The first-order valence-electron chi connectivity index (χ1n) is 23.5. The molecule has 0 fully saturated rings. The Morgan fingerprint density at radius 1 is 0.725 bits per heavy atom. The van der Waals surface area contributed by atoms with E-state index in [4.69, 9.17) is 18.9 Å². The summed E-state index contributed by atoms with van der Waals surface area (Å²) in [6, 6.07) is 20.5. The average molecular weight is 951 g/mol. The molecule has 3 N–H and O–H groups in total. The van der Waals surface area contributed by atoms with Gasteiger partial charge >= 0.3 is 0 Å². The van der Waals surface area contributed by atoms with Crippen LogP contribution in [0.3, 0.4) is 0 Å². The maximum absolute atomic E-state index is 10.0. The lowest BCUT2D eigenvalue weighted by Crippen LogP contribution is -2.44. The van der Waals surface area contributed by atoms with E-state index in [0.29, 0.717) is 56.1 Å². The molecule has 362 valence electrons. The van der Waals surface area contributed by atoms with Crippen LogP contribution in [-0.4, -0.2) is 93.6 Å². The SMILES string of the molecule is COCCn1nc(C)cc1Nc1nccc(-c2cc(C#N)c3c(c2)C(C)(CO)CC3)n1.COCCn1nc(C)cc1Nc1nccc(-c2cc(C#N)c3c(c2)C(C)(CO[Si](C)(C)C(C)(C)C)CC3)n1. The molecule has 2 unspecified atom stereocenters. The van der Waals surface area contributed by atoms with Crippen molar-refractivity contribution in [1.29, 1.82) is 10.5 Å². The number of aryl methyl sites for hydroxylation is 2. The van der Waals surface area contributed by atoms with E-state index in [0.717, 1.165) is 87.8 Å². The Morgan fingerprint density at radius 3 is 1.59 bits per heavy atom. The molecule has 0 bridgehead atoms. The Bertz CT molecular complexity index is 2890. The van der Waals surface area contributed by atoms with Crippen LogP contribution in [-0.2, 0) is 50.7 Å². The van der Waals surface area contributed by atoms with Gasteiger partial charge in [-0.15, -0.1) is 0 Å². The van der Waals surface area contributed by atoms with Gasteiger partial charge in [0.2, 0.25) is 11.9 Å². The van der Waals surface area contributed by atoms with E-state index in [1.54, 1.807) is 26.6 Å². The molecule has 2 aliphatic carbocycles. The highest BCUT2D eigenvalue weighted by molar-refractivity contribution is 6.74. The zero-order chi connectivity index (χ0) is 49.7. The number of aliphatic hydroxyl groups excluding tert-OH is 1. The fourth-order valence-electron chi connectivity index (χ4n) is 8.77. The number of anilines is 4. The van der Waals surface area contributed by atoms with Gasteiger partial charge in [0.15, 0.2) is 8.32 Å². The zero-order valence-corrected chi connectivity index (χ0v) is 43.0. The van der Waals surface area contributed by atoms with Gasteiger partial charge in [-0.25, -0.2) is 29.3 Å². The molecule has 8 rings (SSSR count). The van der Waals surface area contributed by atoms with Crippen molar-refractivity contribution in [1.82, 2.24) is 39.5 Å². The summed E-state index contributed by atoms with van der Waals surface area (Å²) >= 11 is 0. The van der Waals surface area contributed by atoms with Gasteiger partial charge in [0.05, 0.1) is 79.0 Å². The number of rotatable bonds is 16. The number of nitriles is 2. The molecular weight excluding hydrogens is 885 g/mol. The third-order valence-electron chi connectivity index (χ3n) is 14.0. The van der Waals surface area contributed by atoms with Gasteiger partial charge in [0.1, 0.15) is 11.6 Å². The minimum Gasteiger partial charge on any atom is -0.416 e. The third-order valence-corrected chi connectivity index (χ3v) is 18.5. The maximum Gasteiger partial charge on any atom is 0.228 e. The van der Waals surface area contributed by atoms with Crippen molar-refractivity contribution >= 4 is 31.8 Å². The monoisotopic (exact) mass is 951 g/mol. The Morgan fingerprint density at radius 2 is 1.17 bits per heavy atom. The van der Waals surface area contributed by atoms with Crippen LogP contribution in [0, 0.1) is 36.5 Å². The summed E-state index contributed by atoms with van der Waals surface area (Å²) in [6.07, 6.45) is 6.92. The van der Waals surface area contributed by atoms with Crippen molar-refractivity contribution in [3.63, 3.8) is 0 Å². The van der Waals surface area contributed by atoms with E-state index >= 15 is 0 Å². The summed E-state index contributed by atoms with van der Waals surface area (Å²) in [7, 11) is 1.42. The fraction of sp³-hybridized carbons (Fsp3) is 0.462. The van der Waals surface area contributed by atoms with Crippen LogP contribution in [0.25, 0.3) is 22.5 Å². The molecular formula is C52H66N12O4Si. The number of methoxy groups -OCH3 is 2. The van der Waals surface area contributed by atoms with Crippen molar-refractivity contribution in [2.45, 2.75) is 116 Å². The number of nitrogens with one attached hydrogen (secondary N) is 2. The third kappa shape index (κ3) is 11.1. The van der Waals surface area contributed by atoms with Gasteiger partial charge in [0, 0.05) is 67.3 Å². The smallest absolute Gasteiger partial charge is 0.228 e. The molecule has 6 aromatic rings. The molecule has 2 atom stereocenters. The van der Waals surface area contributed by atoms with Crippen molar-refractivity contribution in [3.8, 4) is 34.7 Å². The molecule has 4 aromatic heterocycles. The van der Waals surface area contributed by atoms with Gasteiger partial charge in [0.25, 0.3) is 0 Å². The van der Waals surface area contributed by atoms with Crippen molar-refractivity contribution in [3.05, 3.63) is 106 Å². The first-order chi connectivity index (χ1) is 32.8. The molecule has 0 saturated heterocycles. The number of aliphatic hydroxyl groups is 1. The lowest BCUT2D eigenvalue weighted by atomic mass is 9.83. The first-order valence-corrected chi connectivity index (χ1v) is 26.4. The second-order valence-electron chi connectivity index (χ2n) is 20.2. The molecule has 0 amide bonds. The summed E-state index contributed by atoms with van der Waals surface area (Å²) in [5.41, 5.74) is 10.3.